The number of carbonyl (C=O) groups excluding carboxylic acids is 1. The Morgan fingerprint density at radius 3 is 2.75 bits per heavy atom. The predicted octanol–water partition coefficient (Wildman–Crippen LogP) is 1.30. The van der Waals surface area contributed by atoms with Crippen molar-refractivity contribution in [2.75, 3.05) is 0 Å². The molecule has 8 heteroatoms. The van der Waals surface area contributed by atoms with E-state index in [1.54, 1.807) is 30.5 Å². The summed E-state index contributed by atoms with van der Waals surface area (Å²) in [4.78, 5) is 30.6. The van der Waals surface area contributed by atoms with Crippen LogP contribution in [0.25, 0.3) is 11.5 Å². The molecule has 0 bridgehead atoms. The number of carbonyl (C=O) groups is 1. The number of aromatic amines is 1. The van der Waals surface area contributed by atoms with Crippen molar-refractivity contribution in [2.45, 2.75) is 6.54 Å². The van der Waals surface area contributed by atoms with Crippen molar-refractivity contribution in [3.63, 3.8) is 0 Å². The highest BCUT2D eigenvalue weighted by Crippen LogP contribution is 2.07. The fraction of sp³-hybridized carbons (Fsp3) is 0.0625. The second kappa shape index (κ2) is 6.78. The van der Waals surface area contributed by atoms with Crippen molar-refractivity contribution < 1.29 is 9.18 Å². The molecule has 2 aromatic heterocycles. The molecule has 0 saturated heterocycles. The number of amides is 1. The van der Waals surface area contributed by atoms with Crippen molar-refractivity contribution >= 4 is 5.91 Å². The molecule has 0 fully saturated rings. The first-order chi connectivity index (χ1) is 11.6. The van der Waals surface area contributed by atoms with E-state index in [1.165, 1.54) is 18.2 Å². The van der Waals surface area contributed by atoms with Crippen LogP contribution in [0.3, 0.4) is 0 Å². The number of benzene rings is 1. The van der Waals surface area contributed by atoms with Gasteiger partial charge in [0, 0.05) is 12.7 Å². The predicted molar refractivity (Wildman–Crippen MR) is 83.5 cm³/mol. The summed E-state index contributed by atoms with van der Waals surface area (Å²) in [7, 11) is 0. The average Bonchev–Trinajstić information content (AvgIpc) is 2.60. The lowest BCUT2D eigenvalue weighted by molar-refractivity contribution is 0.0943. The molecule has 0 radical (unpaired) electrons. The van der Waals surface area contributed by atoms with Crippen LogP contribution < -0.4 is 10.9 Å². The van der Waals surface area contributed by atoms with Gasteiger partial charge < -0.3 is 10.3 Å². The molecule has 0 aliphatic rings. The molecular weight excluding hydrogens is 313 g/mol. The molecule has 2 heterocycles. The molecule has 0 atom stereocenters. The third kappa shape index (κ3) is 3.49. The van der Waals surface area contributed by atoms with Crippen molar-refractivity contribution in [2.24, 2.45) is 0 Å². The Kier molecular flexibility index (Phi) is 4.37. The van der Waals surface area contributed by atoms with E-state index in [-0.39, 0.29) is 18.1 Å². The van der Waals surface area contributed by atoms with Crippen LogP contribution in [-0.2, 0) is 6.54 Å². The molecule has 0 spiro atoms. The smallest absolute Gasteiger partial charge is 0.283 e. The lowest BCUT2D eigenvalue weighted by Crippen LogP contribution is -2.31. The van der Waals surface area contributed by atoms with E-state index >= 15 is 0 Å². The number of halogens is 1. The minimum atomic E-state index is -0.694. The Hall–Kier alpha value is -3.42. The van der Waals surface area contributed by atoms with Crippen molar-refractivity contribution in [3.8, 4) is 11.5 Å². The number of hydrogen-bond acceptors (Lipinski definition) is 5. The Bertz CT molecular complexity index is 927. The lowest BCUT2D eigenvalue weighted by atomic mass is 10.2. The quantitative estimate of drug-likeness (QED) is 0.753. The molecule has 1 amide bonds. The van der Waals surface area contributed by atoms with Crippen molar-refractivity contribution in [1.82, 2.24) is 25.5 Å². The summed E-state index contributed by atoms with van der Waals surface area (Å²) in [6.45, 7) is 0.0692. The topological polar surface area (TPSA) is 101 Å². The summed E-state index contributed by atoms with van der Waals surface area (Å²) in [6.07, 6.45) is 1.55. The van der Waals surface area contributed by atoms with Crippen LogP contribution in [0.5, 0.6) is 0 Å². The van der Waals surface area contributed by atoms with Crippen LogP contribution in [-0.4, -0.2) is 26.1 Å². The maximum atomic E-state index is 13.1. The van der Waals surface area contributed by atoms with Crippen molar-refractivity contribution in [3.05, 3.63) is 76.1 Å². The monoisotopic (exact) mass is 325 g/mol. The third-order valence-electron chi connectivity index (χ3n) is 3.16. The highest BCUT2D eigenvalue weighted by atomic mass is 19.1. The highest BCUT2D eigenvalue weighted by Gasteiger charge is 2.14. The largest absolute Gasteiger partial charge is 0.346 e. The number of hydrogen-bond donors (Lipinski definition) is 2. The summed E-state index contributed by atoms with van der Waals surface area (Å²) in [6, 6.07) is 10.9. The fourth-order valence-electron chi connectivity index (χ4n) is 2.02. The van der Waals surface area contributed by atoms with Gasteiger partial charge in [-0.2, -0.15) is 0 Å². The van der Waals surface area contributed by atoms with Gasteiger partial charge in [0.15, 0.2) is 5.82 Å². The van der Waals surface area contributed by atoms with Gasteiger partial charge in [-0.15, -0.1) is 10.2 Å². The molecule has 7 nitrogen and oxygen atoms in total. The Balaban J connectivity index is 1.75. The summed E-state index contributed by atoms with van der Waals surface area (Å²) in [5, 5.41) is 9.97. The molecular formula is C16H12FN5O2. The van der Waals surface area contributed by atoms with E-state index < -0.39 is 17.3 Å². The zero-order valence-corrected chi connectivity index (χ0v) is 12.4. The number of H-pyrrole nitrogens is 1. The van der Waals surface area contributed by atoms with Crippen LogP contribution in [0.1, 0.15) is 16.1 Å². The van der Waals surface area contributed by atoms with Gasteiger partial charge in [-0.1, -0.05) is 18.2 Å². The van der Waals surface area contributed by atoms with Crippen LogP contribution in [0.2, 0.25) is 0 Å². The number of nitrogens with one attached hydrogen (secondary N) is 2. The van der Waals surface area contributed by atoms with Gasteiger partial charge in [-0.25, -0.2) is 4.39 Å². The van der Waals surface area contributed by atoms with Gasteiger partial charge >= 0.3 is 0 Å². The molecule has 0 aliphatic carbocycles. The maximum absolute atomic E-state index is 13.1. The molecule has 2 N–H and O–H groups in total. The lowest BCUT2D eigenvalue weighted by Gasteiger charge is -2.05. The summed E-state index contributed by atoms with van der Waals surface area (Å²) >= 11 is 0. The maximum Gasteiger partial charge on any atom is 0.283 e. The molecule has 0 saturated carbocycles. The molecule has 1 aromatic carbocycles. The summed E-state index contributed by atoms with van der Waals surface area (Å²) < 4.78 is 13.1. The Morgan fingerprint density at radius 2 is 2.04 bits per heavy atom. The first-order valence-electron chi connectivity index (χ1n) is 7.04. The van der Waals surface area contributed by atoms with Gasteiger partial charge in [-0.3, -0.25) is 14.6 Å². The van der Waals surface area contributed by atoms with E-state index in [0.29, 0.717) is 11.3 Å². The third-order valence-corrected chi connectivity index (χ3v) is 3.16. The minimum absolute atomic E-state index is 0.0692. The van der Waals surface area contributed by atoms with Crippen LogP contribution in [0.4, 0.5) is 4.39 Å². The Morgan fingerprint density at radius 1 is 1.17 bits per heavy atom. The van der Waals surface area contributed by atoms with Gasteiger partial charge in [0.2, 0.25) is 5.69 Å². The van der Waals surface area contributed by atoms with E-state index in [0.717, 1.165) is 0 Å². The molecule has 0 aliphatic heterocycles. The SMILES string of the molecule is O=C(NCc1cccc(F)c1)c1nnc(-c2ccccn2)[nH]c1=O. The standard InChI is InChI=1S/C16H12FN5O2/c17-11-5-3-4-10(8-11)9-19-15(23)13-16(24)20-14(22-21-13)12-6-1-2-7-18-12/h1-8H,9H2,(H,19,23)(H,20,22,24). The van der Waals surface area contributed by atoms with Crippen molar-refractivity contribution in [1.29, 1.82) is 0 Å². The van der Waals surface area contributed by atoms with Gasteiger partial charge in [0.05, 0.1) is 0 Å². The van der Waals surface area contributed by atoms with Gasteiger partial charge in [0.25, 0.3) is 11.5 Å². The molecule has 3 aromatic rings. The number of rotatable bonds is 4. The van der Waals surface area contributed by atoms with E-state index in [9.17, 15) is 14.0 Å². The first kappa shape index (κ1) is 15.5. The van der Waals surface area contributed by atoms with E-state index in [4.69, 9.17) is 0 Å². The van der Waals surface area contributed by atoms with E-state index in [1.807, 2.05) is 0 Å². The van der Waals surface area contributed by atoms with Crippen LogP contribution in [0.15, 0.2) is 53.5 Å². The normalized spacial score (nSPS) is 10.4. The number of nitrogens with zero attached hydrogens (tertiary/aromatic N) is 3. The van der Waals surface area contributed by atoms with Gasteiger partial charge in [0.1, 0.15) is 11.5 Å². The molecule has 120 valence electrons. The van der Waals surface area contributed by atoms with E-state index in [2.05, 4.69) is 25.5 Å². The van der Waals surface area contributed by atoms with Crippen LogP contribution >= 0.6 is 0 Å². The van der Waals surface area contributed by atoms with Crippen LogP contribution in [0, 0.1) is 5.82 Å². The number of pyridine rings is 1. The fourth-order valence-corrected chi connectivity index (χ4v) is 2.02. The average molecular weight is 325 g/mol. The second-order valence-corrected chi connectivity index (χ2v) is 4.88. The second-order valence-electron chi connectivity index (χ2n) is 4.88. The summed E-state index contributed by atoms with van der Waals surface area (Å²) in [5.41, 5.74) is -0.0415. The number of aromatic nitrogens is 4. The minimum Gasteiger partial charge on any atom is -0.346 e. The zero-order valence-electron chi connectivity index (χ0n) is 12.4. The molecule has 24 heavy (non-hydrogen) atoms. The molecule has 0 unspecified atom stereocenters. The highest BCUT2D eigenvalue weighted by molar-refractivity contribution is 5.91. The summed E-state index contributed by atoms with van der Waals surface area (Å²) in [5.74, 6) is -0.929. The first-order valence-corrected chi connectivity index (χ1v) is 7.04. The molecule has 3 rings (SSSR count). The Labute approximate surface area is 135 Å². The van der Waals surface area contributed by atoms with Gasteiger partial charge in [-0.05, 0) is 29.8 Å². The zero-order chi connectivity index (χ0) is 16.9.